The highest BCUT2D eigenvalue weighted by atomic mass is 19.1. The topological polar surface area (TPSA) is 35.0 Å². The van der Waals surface area contributed by atoms with E-state index in [1.54, 1.807) is 6.07 Å². The minimum atomic E-state index is -0.311. The Hall–Kier alpha value is -1.97. The van der Waals surface area contributed by atoms with E-state index in [1.165, 1.54) is 51.0 Å². The van der Waals surface area contributed by atoms with E-state index in [0.29, 0.717) is 23.6 Å². The molecule has 0 atom stereocenters. The summed E-state index contributed by atoms with van der Waals surface area (Å²) in [7, 11) is 0. The highest BCUT2D eigenvalue weighted by Gasteiger charge is 2.18. The Labute approximate surface area is 175 Å². The Morgan fingerprint density at radius 1 is 1.00 bits per heavy atom. The minimum absolute atomic E-state index is 0.311. The molecule has 158 valence electrons. The van der Waals surface area contributed by atoms with E-state index in [4.69, 9.17) is 4.74 Å². The van der Waals surface area contributed by atoms with Gasteiger partial charge >= 0.3 is 0 Å². The lowest BCUT2D eigenvalue weighted by Crippen LogP contribution is -2.13. The fourth-order valence-electron chi connectivity index (χ4n) is 4.12. The molecule has 0 aliphatic heterocycles. The van der Waals surface area contributed by atoms with E-state index in [9.17, 15) is 4.39 Å². The molecule has 3 rings (SSSR count). The normalized spacial score (nSPS) is 19.3. The summed E-state index contributed by atoms with van der Waals surface area (Å²) >= 11 is 0. The van der Waals surface area contributed by atoms with Crippen LogP contribution in [0.1, 0.15) is 77.3 Å². The van der Waals surface area contributed by atoms with E-state index in [-0.39, 0.29) is 5.82 Å². The van der Waals surface area contributed by atoms with Gasteiger partial charge < -0.3 is 4.74 Å². The molecule has 0 radical (unpaired) electrons. The van der Waals surface area contributed by atoms with Crippen molar-refractivity contribution >= 4 is 0 Å². The second kappa shape index (κ2) is 11.3. The molecule has 1 aliphatic carbocycles. The number of aromatic nitrogens is 2. The molecule has 0 N–H and O–H groups in total. The average molecular weight is 399 g/mol. The molecule has 1 fully saturated rings. The standard InChI is InChI=1S/C25H35FN2O/c1-3-4-5-6-17-29-22-14-15-23(24(26)18-22)25-16-13-21(27-28-25)12-11-20-9-7-19(2)8-10-20/h13-16,18-20H,3-12,17H2,1-2H3. The highest BCUT2D eigenvalue weighted by Crippen LogP contribution is 2.31. The second-order valence-corrected chi connectivity index (χ2v) is 8.63. The van der Waals surface area contributed by atoms with Crippen molar-refractivity contribution in [2.45, 2.75) is 78.1 Å². The van der Waals surface area contributed by atoms with Crippen molar-refractivity contribution in [3.8, 4) is 17.0 Å². The van der Waals surface area contributed by atoms with Crippen LogP contribution in [0.3, 0.4) is 0 Å². The molecule has 0 spiro atoms. The molecule has 1 aliphatic rings. The summed E-state index contributed by atoms with van der Waals surface area (Å²) in [5.41, 5.74) is 2.05. The Bertz CT molecular complexity index is 739. The minimum Gasteiger partial charge on any atom is -0.493 e. The van der Waals surface area contributed by atoms with E-state index in [0.717, 1.165) is 36.8 Å². The lowest BCUT2D eigenvalue weighted by Gasteiger charge is -2.25. The van der Waals surface area contributed by atoms with Crippen molar-refractivity contribution in [3.63, 3.8) is 0 Å². The van der Waals surface area contributed by atoms with Gasteiger partial charge in [-0.25, -0.2) is 4.39 Å². The Morgan fingerprint density at radius 2 is 1.83 bits per heavy atom. The smallest absolute Gasteiger partial charge is 0.136 e. The molecule has 0 saturated heterocycles. The maximum Gasteiger partial charge on any atom is 0.136 e. The Morgan fingerprint density at radius 3 is 2.52 bits per heavy atom. The van der Waals surface area contributed by atoms with Gasteiger partial charge in [0.1, 0.15) is 11.6 Å². The molecule has 1 heterocycles. The van der Waals surface area contributed by atoms with Crippen LogP contribution in [0.15, 0.2) is 30.3 Å². The first kappa shape index (κ1) is 21.7. The fourth-order valence-corrected chi connectivity index (χ4v) is 4.12. The monoisotopic (exact) mass is 398 g/mol. The van der Waals surface area contributed by atoms with Gasteiger partial charge in [-0.3, -0.25) is 0 Å². The average Bonchev–Trinajstić information content (AvgIpc) is 2.74. The molecule has 2 aromatic rings. The predicted molar refractivity (Wildman–Crippen MR) is 117 cm³/mol. The zero-order valence-electron chi connectivity index (χ0n) is 18.0. The number of hydrogen-bond donors (Lipinski definition) is 0. The number of rotatable bonds is 10. The van der Waals surface area contributed by atoms with Gasteiger partial charge in [0.2, 0.25) is 0 Å². The van der Waals surface area contributed by atoms with Crippen LogP contribution in [0.5, 0.6) is 5.75 Å². The molecule has 0 unspecified atom stereocenters. The molecule has 0 bridgehead atoms. The number of ether oxygens (including phenoxy) is 1. The van der Waals surface area contributed by atoms with Crippen LogP contribution >= 0.6 is 0 Å². The van der Waals surface area contributed by atoms with Crippen molar-refractivity contribution < 1.29 is 9.13 Å². The van der Waals surface area contributed by atoms with Crippen molar-refractivity contribution in [1.82, 2.24) is 10.2 Å². The van der Waals surface area contributed by atoms with Crippen LogP contribution in [-0.4, -0.2) is 16.8 Å². The van der Waals surface area contributed by atoms with Gasteiger partial charge in [0, 0.05) is 11.6 Å². The number of nitrogens with zero attached hydrogens (tertiary/aromatic N) is 2. The summed E-state index contributed by atoms with van der Waals surface area (Å²) < 4.78 is 20.2. The summed E-state index contributed by atoms with van der Waals surface area (Å²) in [4.78, 5) is 0. The van der Waals surface area contributed by atoms with E-state index >= 15 is 0 Å². The number of unbranched alkanes of at least 4 members (excludes halogenated alkanes) is 3. The third kappa shape index (κ3) is 6.80. The lowest BCUT2D eigenvalue weighted by atomic mass is 9.81. The third-order valence-corrected chi connectivity index (χ3v) is 6.15. The molecule has 0 amide bonds. The number of aryl methyl sites for hydroxylation is 1. The van der Waals surface area contributed by atoms with E-state index < -0.39 is 0 Å². The molecule has 1 aromatic carbocycles. The van der Waals surface area contributed by atoms with Gasteiger partial charge in [-0.05, 0) is 55.4 Å². The van der Waals surface area contributed by atoms with E-state index in [1.807, 2.05) is 18.2 Å². The first-order valence-corrected chi connectivity index (χ1v) is 11.4. The summed E-state index contributed by atoms with van der Waals surface area (Å²) in [5.74, 6) is 1.97. The predicted octanol–water partition coefficient (Wildman–Crippen LogP) is 7.00. The quantitative estimate of drug-likeness (QED) is 0.404. The number of halogens is 1. The second-order valence-electron chi connectivity index (χ2n) is 8.63. The summed E-state index contributed by atoms with van der Waals surface area (Å²) in [5, 5.41) is 8.63. The molecule has 29 heavy (non-hydrogen) atoms. The Kier molecular flexibility index (Phi) is 8.45. The molecular formula is C25H35FN2O. The van der Waals surface area contributed by atoms with Gasteiger partial charge in [0.05, 0.1) is 18.0 Å². The van der Waals surface area contributed by atoms with Crippen molar-refractivity contribution in [1.29, 1.82) is 0 Å². The van der Waals surface area contributed by atoms with Crippen molar-refractivity contribution in [2.24, 2.45) is 11.8 Å². The lowest BCUT2D eigenvalue weighted by molar-refractivity contribution is 0.277. The molecule has 4 heteroatoms. The molecule has 3 nitrogen and oxygen atoms in total. The van der Waals surface area contributed by atoms with Crippen LogP contribution < -0.4 is 4.74 Å². The molecule has 1 aromatic heterocycles. The maximum absolute atomic E-state index is 14.5. The first-order chi connectivity index (χ1) is 14.2. The van der Waals surface area contributed by atoms with Gasteiger partial charge in [-0.15, -0.1) is 0 Å². The zero-order chi connectivity index (χ0) is 20.5. The molecule has 1 saturated carbocycles. The molecular weight excluding hydrogens is 363 g/mol. The summed E-state index contributed by atoms with van der Waals surface area (Å²) in [6.07, 6.45) is 12.1. The van der Waals surface area contributed by atoms with Crippen LogP contribution in [-0.2, 0) is 6.42 Å². The van der Waals surface area contributed by atoms with Crippen LogP contribution in [0, 0.1) is 17.7 Å². The number of hydrogen-bond acceptors (Lipinski definition) is 3. The zero-order valence-corrected chi connectivity index (χ0v) is 18.0. The van der Waals surface area contributed by atoms with Gasteiger partial charge in [0.25, 0.3) is 0 Å². The Balaban J connectivity index is 1.51. The van der Waals surface area contributed by atoms with Crippen molar-refractivity contribution in [2.75, 3.05) is 6.61 Å². The van der Waals surface area contributed by atoms with Crippen LogP contribution in [0.25, 0.3) is 11.3 Å². The summed E-state index contributed by atoms with van der Waals surface area (Å²) in [6, 6.07) is 8.89. The highest BCUT2D eigenvalue weighted by molar-refractivity contribution is 5.60. The first-order valence-electron chi connectivity index (χ1n) is 11.4. The third-order valence-electron chi connectivity index (χ3n) is 6.15. The van der Waals surface area contributed by atoms with Gasteiger partial charge in [-0.2, -0.15) is 10.2 Å². The van der Waals surface area contributed by atoms with Crippen molar-refractivity contribution in [3.05, 3.63) is 41.8 Å². The maximum atomic E-state index is 14.5. The van der Waals surface area contributed by atoms with E-state index in [2.05, 4.69) is 24.0 Å². The fraction of sp³-hybridized carbons (Fsp3) is 0.600. The van der Waals surface area contributed by atoms with Gasteiger partial charge in [0.15, 0.2) is 0 Å². The largest absolute Gasteiger partial charge is 0.493 e. The SMILES string of the molecule is CCCCCCOc1ccc(-c2ccc(CCC3CCC(C)CC3)nn2)c(F)c1. The van der Waals surface area contributed by atoms with Crippen LogP contribution in [0.4, 0.5) is 4.39 Å². The van der Waals surface area contributed by atoms with Gasteiger partial charge in [-0.1, -0.05) is 58.8 Å². The summed E-state index contributed by atoms with van der Waals surface area (Å²) in [6.45, 7) is 5.17. The number of benzene rings is 1. The van der Waals surface area contributed by atoms with Crippen LogP contribution in [0.2, 0.25) is 0 Å².